The van der Waals surface area contributed by atoms with Crippen LogP contribution in [-0.2, 0) is 13.1 Å². The van der Waals surface area contributed by atoms with Crippen LogP contribution in [0.2, 0.25) is 0 Å². The molecule has 2 aromatic rings. The third-order valence-electron chi connectivity index (χ3n) is 3.29. The van der Waals surface area contributed by atoms with E-state index < -0.39 is 0 Å². The van der Waals surface area contributed by atoms with Gasteiger partial charge in [-0.2, -0.15) is 0 Å². The van der Waals surface area contributed by atoms with Crippen LogP contribution in [0.1, 0.15) is 11.1 Å². The van der Waals surface area contributed by atoms with E-state index in [2.05, 4.69) is 59.2 Å². The summed E-state index contributed by atoms with van der Waals surface area (Å²) in [6, 6.07) is 21.0. The highest BCUT2D eigenvalue weighted by atomic mass is 15.0. The first-order chi connectivity index (χ1) is 10.4. The van der Waals surface area contributed by atoms with Crippen molar-refractivity contribution in [3.05, 3.63) is 84.1 Å². The lowest BCUT2D eigenvalue weighted by atomic mass is 10.2. The molecule has 21 heavy (non-hydrogen) atoms. The summed E-state index contributed by atoms with van der Waals surface area (Å²) in [4.78, 5) is 0. The maximum atomic E-state index is 5.53. The Morgan fingerprint density at radius 3 is 2.00 bits per heavy atom. The molecule has 0 spiro atoms. The molecule has 0 saturated heterocycles. The third-order valence-corrected chi connectivity index (χ3v) is 3.29. The van der Waals surface area contributed by atoms with Gasteiger partial charge in [0.2, 0.25) is 0 Å². The summed E-state index contributed by atoms with van der Waals surface area (Å²) in [5.41, 5.74) is 8.09. The molecule has 1 atom stereocenters. The zero-order valence-corrected chi connectivity index (χ0v) is 12.2. The van der Waals surface area contributed by atoms with Crippen molar-refractivity contribution in [2.24, 2.45) is 5.73 Å². The van der Waals surface area contributed by atoms with Crippen molar-refractivity contribution in [2.45, 2.75) is 19.1 Å². The van der Waals surface area contributed by atoms with E-state index in [1.54, 1.807) is 6.20 Å². The summed E-state index contributed by atoms with van der Waals surface area (Å²) >= 11 is 0. The SMILES string of the molecule is NC=CC(CNCc1ccccc1)NCc1ccccc1. The van der Waals surface area contributed by atoms with Crippen LogP contribution in [0.4, 0.5) is 0 Å². The average molecular weight is 281 g/mol. The molecule has 0 saturated carbocycles. The van der Waals surface area contributed by atoms with Gasteiger partial charge in [-0.25, -0.2) is 0 Å². The molecule has 0 heterocycles. The highest BCUT2D eigenvalue weighted by Gasteiger charge is 2.03. The van der Waals surface area contributed by atoms with Gasteiger partial charge in [0, 0.05) is 25.7 Å². The lowest BCUT2D eigenvalue weighted by Crippen LogP contribution is -2.36. The lowest BCUT2D eigenvalue weighted by Gasteiger charge is -2.16. The van der Waals surface area contributed by atoms with Crippen LogP contribution in [-0.4, -0.2) is 12.6 Å². The first-order valence-corrected chi connectivity index (χ1v) is 7.29. The molecule has 0 aliphatic rings. The standard InChI is InChI=1S/C18H23N3/c19-12-11-18(21-14-17-9-5-2-6-10-17)15-20-13-16-7-3-1-4-8-16/h1-12,18,20-21H,13-15,19H2. The van der Waals surface area contributed by atoms with Gasteiger partial charge in [-0.3, -0.25) is 0 Å². The molecule has 2 aromatic carbocycles. The van der Waals surface area contributed by atoms with Crippen LogP contribution in [0.25, 0.3) is 0 Å². The molecule has 4 N–H and O–H groups in total. The average Bonchev–Trinajstić information content (AvgIpc) is 2.54. The van der Waals surface area contributed by atoms with E-state index in [0.29, 0.717) is 0 Å². The van der Waals surface area contributed by atoms with Crippen molar-refractivity contribution in [2.75, 3.05) is 6.54 Å². The van der Waals surface area contributed by atoms with Crippen LogP contribution in [0, 0.1) is 0 Å². The van der Waals surface area contributed by atoms with Gasteiger partial charge in [-0.1, -0.05) is 66.7 Å². The molecule has 0 radical (unpaired) electrons. The number of nitrogens with two attached hydrogens (primary N) is 1. The second-order valence-electron chi connectivity index (χ2n) is 4.97. The quantitative estimate of drug-likeness (QED) is 0.696. The monoisotopic (exact) mass is 281 g/mol. The van der Waals surface area contributed by atoms with Crippen LogP contribution in [0.3, 0.4) is 0 Å². The summed E-state index contributed by atoms with van der Waals surface area (Å²) in [6.45, 7) is 2.54. The fourth-order valence-corrected chi connectivity index (χ4v) is 2.16. The fourth-order valence-electron chi connectivity index (χ4n) is 2.16. The van der Waals surface area contributed by atoms with Gasteiger partial charge in [-0.15, -0.1) is 0 Å². The molecular weight excluding hydrogens is 258 g/mol. The van der Waals surface area contributed by atoms with Crippen molar-refractivity contribution >= 4 is 0 Å². The van der Waals surface area contributed by atoms with E-state index in [1.807, 2.05) is 18.2 Å². The predicted octanol–water partition coefficient (Wildman–Crippen LogP) is 2.41. The molecule has 0 aliphatic heterocycles. The summed E-state index contributed by atoms with van der Waals surface area (Å²) in [6.07, 6.45) is 3.59. The Kier molecular flexibility index (Phi) is 6.52. The predicted molar refractivity (Wildman–Crippen MR) is 88.5 cm³/mol. The number of hydrogen-bond donors (Lipinski definition) is 3. The highest BCUT2D eigenvalue weighted by molar-refractivity contribution is 5.15. The Morgan fingerprint density at radius 1 is 0.857 bits per heavy atom. The zero-order valence-electron chi connectivity index (χ0n) is 12.2. The maximum Gasteiger partial charge on any atom is 0.0395 e. The summed E-state index contributed by atoms with van der Waals surface area (Å²) in [5, 5.41) is 6.95. The Balaban J connectivity index is 1.76. The van der Waals surface area contributed by atoms with E-state index >= 15 is 0 Å². The molecule has 0 aromatic heterocycles. The number of hydrogen-bond acceptors (Lipinski definition) is 3. The molecule has 2 rings (SSSR count). The molecular formula is C18H23N3. The molecule has 1 unspecified atom stereocenters. The van der Waals surface area contributed by atoms with Crippen molar-refractivity contribution in [3.63, 3.8) is 0 Å². The Hall–Kier alpha value is -2.10. The van der Waals surface area contributed by atoms with E-state index in [4.69, 9.17) is 5.73 Å². The minimum absolute atomic E-state index is 0.221. The Bertz CT molecular complexity index is 523. The van der Waals surface area contributed by atoms with Gasteiger partial charge in [0.1, 0.15) is 0 Å². The number of rotatable bonds is 8. The minimum atomic E-state index is 0.221. The first-order valence-electron chi connectivity index (χ1n) is 7.29. The Labute approximate surface area is 126 Å². The zero-order chi connectivity index (χ0) is 14.8. The smallest absolute Gasteiger partial charge is 0.0395 e. The van der Waals surface area contributed by atoms with Crippen molar-refractivity contribution in [3.8, 4) is 0 Å². The van der Waals surface area contributed by atoms with Crippen molar-refractivity contribution < 1.29 is 0 Å². The summed E-state index contributed by atoms with van der Waals surface area (Å²) in [5.74, 6) is 0. The third kappa shape index (κ3) is 5.81. The molecule has 110 valence electrons. The van der Waals surface area contributed by atoms with Gasteiger partial charge < -0.3 is 16.4 Å². The second-order valence-corrected chi connectivity index (χ2v) is 4.97. The summed E-state index contributed by atoms with van der Waals surface area (Å²) in [7, 11) is 0. The topological polar surface area (TPSA) is 50.1 Å². The largest absolute Gasteiger partial charge is 0.405 e. The minimum Gasteiger partial charge on any atom is -0.405 e. The molecule has 3 heteroatoms. The normalized spacial score (nSPS) is 12.6. The van der Waals surface area contributed by atoms with Crippen molar-refractivity contribution in [1.29, 1.82) is 0 Å². The van der Waals surface area contributed by atoms with Gasteiger partial charge in [0.25, 0.3) is 0 Å². The highest BCUT2D eigenvalue weighted by Crippen LogP contribution is 2.00. The molecule has 0 aliphatic carbocycles. The lowest BCUT2D eigenvalue weighted by molar-refractivity contribution is 0.536. The maximum absolute atomic E-state index is 5.53. The van der Waals surface area contributed by atoms with E-state index in [9.17, 15) is 0 Å². The van der Waals surface area contributed by atoms with E-state index in [0.717, 1.165) is 19.6 Å². The van der Waals surface area contributed by atoms with Crippen LogP contribution >= 0.6 is 0 Å². The van der Waals surface area contributed by atoms with Gasteiger partial charge in [0.15, 0.2) is 0 Å². The van der Waals surface area contributed by atoms with Gasteiger partial charge in [-0.05, 0) is 17.3 Å². The molecule has 3 nitrogen and oxygen atoms in total. The number of nitrogens with one attached hydrogen (secondary N) is 2. The Morgan fingerprint density at radius 2 is 1.43 bits per heavy atom. The summed E-state index contributed by atoms with van der Waals surface area (Å²) < 4.78 is 0. The van der Waals surface area contributed by atoms with E-state index in [1.165, 1.54) is 11.1 Å². The van der Waals surface area contributed by atoms with Crippen LogP contribution in [0.5, 0.6) is 0 Å². The second kappa shape index (κ2) is 8.95. The van der Waals surface area contributed by atoms with E-state index in [-0.39, 0.29) is 6.04 Å². The fraction of sp³-hybridized carbons (Fsp3) is 0.222. The van der Waals surface area contributed by atoms with Crippen LogP contribution in [0.15, 0.2) is 72.9 Å². The van der Waals surface area contributed by atoms with Crippen LogP contribution < -0.4 is 16.4 Å². The first kappa shape index (κ1) is 15.3. The van der Waals surface area contributed by atoms with Crippen molar-refractivity contribution in [1.82, 2.24) is 10.6 Å². The molecule has 0 bridgehead atoms. The molecule has 0 fully saturated rings. The van der Waals surface area contributed by atoms with Gasteiger partial charge in [0.05, 0.1) is 0 Å². The molecule has 0 amide bonds. The number of benzene rings is 2. The van der Waals surface area contributed by atoms with Gasteiger partial charge >= 0.3 is 0 Å².